The van der Waals surface area contributed by atoms with E-state index in [1.54, 1.807) is 18.4 Å². The van der Waals surface area contributed by atoms with Crippen LogP contribution in [0.3, 0.4) is 0 Å². The molecule has 0 spiro atoms. The van der Waals surface area contributed by atoms with Crippen molar-refractivity contribution < 1.29 is 4.74 Å². The van der Waals surface area contributed by atoms with E-state index in [0.717, 1.165) is 30.8 Å². The van der Waals surface area contributed by atoms with Gasteiger partial charge in [-0.05, 0) is 24.0 Å². The van der Waals surface area contributed by atoms with Gasteiger partial charge in [0.1, 0.15) is 0 Å². The summed E-state index contributed by atoms with van der Waals surface area (Å²) in [7, 11) is 1.73. The molecule has 19 heavy (non-hydrogen) atoms. The minimum Gasteiger partial charge on any atom is -0.383 e. The molecular formula is C15H18N2OS. The molecule has 2 aromatic rings. The molecule has 0 radical (unpaired) electrons. The van der Waals surface area contributed by atoms with Crippen LogP contribution in [0.25, 0.3) is 0 Å². The topological polar surface area (TPSA) is 26.5 Å². The van der Waals surface area contributed by atoms with E-state index >= 15 is 0 Å². The van der Waals surface area contributed by atoms with Gasteiger partial charge in [-0.1, -0.05) is 24.3 Å². The van der Waals surface area contributed by atoms with E-state index in [-0.39, 0.29) is 0 Å². The van der Waals surface area contributed by atoms with Gasteiger partial charge in [-0.25, -0.2) is 0 Å². The Labute approximate surface area is 117 Å². The summed E-state index contributed by atoms with van der Waals surface area (Å²) in [6, 6.07) is 8.98. The fraction of sp³-hybridized carbons (Fsp3) is 0.400. The normalized spacial score (nSPS) is 18.8. The Bertz CT molecular complexity index is 614. The molecule has 0 bridgehead atoms. The lowest BCUT2D eigenvalue weighted by Gasteiger charge is -2.06. The molecule has 1 aromatic heterocycles. The lowest BCUT2D eigenvalue weighted by atomic mass is 10.1. The summed E-state index contributed by atoms with van der Waals surface area (Å²) in [5, 5.41) is 2.09. The molecule has 0 amide bonds. The van der Waals surface area contributed by atoms with Crippen LogP contribution in [0.2, 0.25) is 0 Å². The number of methoxy groups -OCH3 is 1. The van der Waals surface area contributed by atoms with Crippen LogP contribution in [0, 0.1) is 0 Å². The highest BCUT2D eigenvalue weighted by Crippen LogP contribution is 2.33. The van der Waals surface area contributed by atoms with Crippen molar-refractivity contribution in [2.24, 2.45) is 4.99 Å². The Morgan fingerprint density at radius 2 is 2.32 bits per heavy atom. The highest BCUT2D eigenvalue weighted by Gasteiger charge is 2.20. The summed E-state index contributed by atoms with van der Waals surface area (Å²) in [5.74, 6) is 0. The Morgan fingerprint density at radius 1 is 1.42 bits per heavy atom. The van der Waals surface area contributed by atoms with E-state index in [9.17, 15) is 0 Å². The number of aryl methyl sites for hydroxylation is 1. The Kier molecular flexibility index (Phi) is 3.80. The fourth-order valence-electron chi connectivity index (χ4n) is 2.56. The van der Waals surface area contributed by atoms with E-state index in [4.69, 9.17) is 9.73 Å². The van der Waals surface area contributed by atoms with E-state index in [2.05, 4.69) is 40.4 Å². The molecule has 1 aliphatic carbocycles. The van der Waals surface area contributed by atoms with Crippen LogP contribution in [0.4, 0.5) is 0 Å². The van der Waals surface area contributed by atoms with Gasteiger partial charge in [-0.3, -0.25) is 4.99 Å². The molecule has 0 saturated carbocycles. The smallest absolute Gasteiger partial charge is 0.185 e. The maximum absolute atomic E-state index is 5.14. The highest BCUT2D eigenvalue weighted by molar-refractivity contribution is 7.07. The second-order valence-electron chi connectivity index (χ2n) is 4.75. The third-order valence-corrected chi connectivity index (χ3v) is 4.37. The average molecular weight is 274 g/mol. The molecule has 0 saturated heterocycles. The van der Waals surface area contributed by atoms with Crippen LogP contribution < -0.4 is 4.80 Å². The molecule has 3 nitrogen and oxygen atoms in total. The summed E-state index contributed by atoms with van der Waals surface area (Å²) < 4.78 is 7.31. The number of rotatable bonds is 4. The second kappa shape index (κ2) is 5.72. The van der Waals surface area contributed by atoms with Gasteiger partial charge in [-0.15, -0.1) is 11.3 Å². The largest absolute Gasteiger partial charge is 0.383 e. The van der Waals surface area contributed by atoms with Crippen LogP contribution >= 0.6 is 11.3 Å². The Balaban J connectivity index is 1.89. The second-order valence-corrected chi connectivity index (χ2v) is 5.63. The van der Waals surface area contributed by atoms with Gasteiger partial charge < -0.3 is 9.30 Å². The van der Waals surface area contributed by atoms with Gasteiger partial charge in [0.25, 0.3) is 0 Å². The highest BCUT2D eigenvalue weighted by atomic mass is 32.1. The lowest BCUT2D eigenvalue weighted by Crippen LogP contribution is -2.17. The third-order valence-electron chi connectivity index (χ3n) is 3.56. The number of hydrogen-bond acceptors (Lipinski definition) is 3. The van der Waals surface area contributed by atoms with Gasteiger partial charge >= 0.3 is 0 Å². The molecular weight excluding hydrogens is 256 g/mol. The monoisotopic (exact) mass is 274 g/mol. The molecule has 4 heteroatoms. The number of nitrogens with zero attached hydrogens (tertiary/aromatic N) is 2. The molecule has 1 aliphatic rings. The van der Waals surface area contributed by atoms with Crippen molar-refractivity contribution in [1.29, 1.82) is 0 Å². The average Bonchev–Trinajstić information content (AvgIpc) is 3.05. The van der Waals surface area contributed by atoms with E-state index in [0.29, 0.717) is 6.04 Å². The number of ether oxygens (including phenoxy) is 1. The summed E-state index contributed by atoms with van der Waals surface area (Å²) >= 11 is 1.70. The van der Waals surface area contributed by atoms with Gasteiger partial charge in [0.15, 0.2) is 4.80 Å². The maximum Gasteiger partial charge on any atom is 0.185 e. The molecule has 3 rings (SSSR count). The van der Waals surface area contributed by atoms with Crippen LogP contribution in [0.1, 0.15) is 23.6 Å². The number of aromatic nitrogens is 1. The van der Waals surface area contributed by atoms with E-state index in [1.165, 1.54) is 11.1 Å². The first-order valence-corrected chi connectivity index (χ1v) is 7.51. The molecule has 0 N–H and O–H groups in total. The van der Waals surface area contributed by atoms with Gasteiger partial charge in [0, 0.05) is 25.2 Å². The summed E-state index contributed by atoms with van der Waals surface area (Å²) in [6.45, 7) is 1.60. The number of benzene rings is 1. The first-order chi connectivity index (χ1) is 9.38. The predicted octanol–water partition coefficient (Wildman–Crippen LogP) is 2.78. The molecule has 0 aliphatic heterocycles. The van der Waals surface area contributed by atoms with Gasteiger partial charge in [0.2, 0.25) is 0 Å². The zero-order valence-electron chi connectivity index (χ0n) is 11.1. The molecule has 0 fully saturated rings. The first-order valence-electron chi connectivity index (χ1n) is 6.63. The summed E-state index contributed by atoms with van der Waals surface area (Å²) in [6.07, 6.45) is 4.36. The molecule has 100 valence electrons. The first kappa shape index (κ1) is 12.6. The summed E-state index contributed by atoms with van der Waals surface area (Å²) in [4.78, 5) is 6.03. The zero-order chi connectivity index (χ0) is 13.1. The molecule has 1 atom stereocenters. The van der Waals surface area contributed by atoms with Crippen molar-refractivity contribution >= 4 is 11.3 Å². The Morgan fingerprint density at radius 3 is 3.21 bits per heavy atom. The maximum atomic E-state index is 5.14. The van der Waals surface area contributed by atoms with Crippen LogP contribution in [-0.4, -0.2) is 18.3 Å². The van der Waals surface area contributed by atoms with Crippen molar-refractivity contribution in [3.8, 4) is 0 Å². The minimum atomic E-state index is 0.323. The number of thiazole rings is 1. The Hall–Kier alpha value is -1.39. The van der Waals surface area contributed by atoms with Crippen molar-refractivity contribution in [3.63, 3.8) is 0 Å². The fourth-order valence-corrected chi connectivity index (χ4v) is 3.37. The number of fused-ring (bicyclic) bond motifs is 1. The quantitative estimate of drug-likeness (QED) is 0.842. The van der Waals surface area contributed by atoms with Crippen molar-refractivity contribution in [3.05, 3.63) is 51.8 Å². The lowest BCUT2D eigenvalue weighted by molar-refractivity contribution is 0.186. The number of hydrogen-bond donors (Lipinski definition) is 0. The van der Waals surface area contributed by atoms with Crippen molar-refractivity contribution in [2.45, 2.75) is 25.4 Å². The zero-order valence-corrected chi connectivity index (χ0v) is 11.9. The van der Waals surface area contributed by atoms with E-state index in [1.807, 2.05) is 0 Å². The van der Waals surface area contributed by atoms with Crippen molar-refractivity contribution in [1.82, 2.24) is 4.57 Å². The van der Waals surface area contributed by atoms with Gasteiger partial charge in [-0.2, -0.15) is 0 Å². The van der Waals surface area contributed by atoms with Gasteiger partial charge in [0.05, 0.1) is 12.6 Å². The summed E-state index contributed by atoms with van der Waals surface area (Å²) in [5.41, 5.74) is 2.85. The van der Waals surface area contributed by atoms with Crippen LogP contribution in [-0.2, 0) is 17.7 Å². The molecule has 1 heterocycles. The van der Waals surface area contributed by atoms with Crippen molar-refractivity contribution in [2.75, 3.05) is 13.7 Å². The third kappa shape index (κ3) is 2.65. The van der Waals surface area contributed by atoms with Crippen LogP contribution in [0.5, 0.6) is 0 Å². The van der Waals surface area contributed by atoms with Crippen LogP contribution in [0.15, 0.2) is 40.8 Å². The standard InChI is InChI=1S/C15H18N2OS/c1-18-10-8-17-9-11-19-15(17)16-14-7-6-12-4-2-3-5-13(12)14/h2-5,9,11,14H,6-8,10H2,1H3. The minimum absolute atomic E-state index is 0.323. The predicted molar refractivity (Wildman–Crippen MR) is 77.3 cm³/mol. The van der Waals surface area contributed by atoms with E-state index < -0.39 is 0 Å². The SMILES string of the molecule is COCCn1ccsc1=NC1CCc2ccccc21. The molecule has 1 aromatic carbocycles. The molecule has 1 unspecified atom stereocenters.